The third-order valence-electron chi connectivity index (χ3n) is 4.29. The van der Waals surface area contributed by atoms with Gasteiger partial charge < -0.3 is 15.3 Å². The zero-order chi connectivity index (χ0) is 17.1. The number of carboxylic acid groups (broad SMARTS) is 1. The van der Waals surface area contributed by atoms with Crippen LogP contribution in [-0.4, -0.2) is 34.5 Å². The van der Waals surface area contributed by atoms with Crippen LogP contribution in [0, 0.1) is 0 Å². The van der Waals surface area contributed by atoms with E-state index in [9.17, 15) is 9.59 Å². The molecule has 2 aromatic carbocycles. The molecule has 0 radical (unpaired) electrons. The average Bonchev–Trinajstić information content (AvgIpc) is 2.70. The van der Waals surface area contributed by atoms with Gasteiger partial charge in [0.15, 0.2) is 0 Å². The second-order valence-electron chi connectivity index (χ2n) is 6.04. The molecule has 2 N–H and O–H groups in total. The molecule has 5 heteroatoms. The second-order valence-corrected chi connectivity index (χ2v) is 6.04. The van der Waals surface area contributed by atoms with Crippen molar-refractivity contribution >= 4 is 17.6 Å². The number of nitrogens with one attached hydrogen (secondary N) is 1. The lowest BCUT2D eigenvalue weighted by Crippen LogP contribution is -2.39. The summed E-state index contributed by atoms with van der Waals surface area (Å²) >= 11 is 0. The smallest absolute Gasteiger partial charge is 0.335 e. The summed E-state index contributed by atoms with van der Waals surface area (Å²) < 4.78 is 0. The molecule has 2 aromatic rings. The maximum atomic E-state index is 12.6. The third-order valence-corrected chi connectivity index (χ3v) is 4.29. The Bertz CT molecular complexity index is 758. The van der Waals surface area contributed by atoms with Crippen molar-refractivity contribution in [2.45, 2.75) is 25.9 Å². The second kappa shape index (κ2) is 6.74. The van der Waals surface area contributed by atoms with Crippen LogP contribution in [0.2, 0.25) is 0 Å². The molecule has 0 spiro atoms. The standard InChI is InChI=1S/C19H20N2O3/c1-13-18(22)21(10-9-14-5-3-2-4-6-14)12-16-8-7-15(19(23)24)11-17(16)20-13/h2-8,11,13,20H,9-10,12H2,1H3,(H,23,24). The predicted octanol–water partition coefficient (Wildman–Crippen LogP) is 2.77. The van der Waals surface area contributed by atoms with Crippen molar-refractivity contribution in [3.05, 3.63) is 65.2 Å². The van der Waals surface area contributed by atoms with E-state index in [1.54, 1.807) is 25.1 Å². The Morgan fingerprint density at radius 1 is 1.25 bits per heavy atom. The minimum Gasteiger partial charge on any atom is -0.478 e. The van der Waals surface area contributed by atoms with Gasteiger partial charge in [-0.2, -0.15) is 0 Å². The van der Waals surface area contributed by atoms with Crippen LogP contribution in [0.25, 0.3) is 0 Å². The van der Waals surface area contributed by atoms with Gasteiger partial charge in [-0.25, -0.2) is 4.79 Å². The monoisotopic (exact) mass is 324 g/mol. The van der Waals surface area contributed by atoms with Crippen LogP contribution >= 0.6 is 0 Å². The van der Waals surface area contributed by atoms with E-state index >= 15 is 0 Å². The SMILES string of the molecule is CC1Nc2cc(C(=O)O)ccc2CN(CCc2ccccc2)C1=O. The molecule has 124 valence electrons. The molecule has 1 aliphatic heterocycles. The number of benzene rings is 2. The molecule has 0 aromatic heterocycles. The fraction of sp³-hybridized carbons (Fsp3) is 0.263. The lowest BCUT2D eigenvalue weighted by Gasteiger charge is -2.22. The highest BCUT2D eigenvalue weighted by Gasteiger charge is 2.26. The van der Waals surface area contributed by atoms with Gasteiger partial charge in [0.05, 0.1) is 5.56 Å². The molecule has 0 aliphatic carbocycles. The molecule has 1 aliphatic rings. The van der Waals surface area contributed by atoms with Crippen molar-refractivity contribution in [3.8, 4) is 0 Å². The molecule has 24 heavy (non-hydrogen) atoms. The molecular weight excluding hydrogens is 304 g/mol. The summed E-state index contributed by atoms with van der Waals surface area (Å²) in [6, 6.07) is 14.6. The Morgan fingerprint density at radius 3 is 2.71 bits per heavy atom. The lowest BCUT2D eigenvalue weighted by molar-refractivity contribution is -0.132. The number of fused-ring (bicyclic) bond motifs is 1. The maximum Gasteiger partial charge on any atom is 0.335 e. The van der Waals surface area contributed by atoms with Crippen LogP contribution in [0.3, 0.4) is 0 Å². The Balaban J connectivity index is 1.80. The van der Waals surface area contributed by atoms with Gasteiger partial charge in [-0.05, 0) is 36.6 Å². The summed E-state index contributed by atoms with van der Waals surface area (Å²) in [5.74, 6) is -0.942. The molecule has 1 amide bonds. The molecule has 5 nitrogen and oxygen atoms in total. The Hall–Kier alpha value is -2.82. The quantitative estimate of drug-likeness (QED) is 0.907. The highest BCUT2D eigenvalue weighted by Crippen LogP contribution is 2.24. The van der Waals surface area contributed by atoms with Crippen LogP contribution in [0.5, 0.6) is 0 Å². The van der Waals surface area contributed by atoms with Crippen LogP contribution in [-0.2, 0) is 17.8 Å². The number of anilines is 1. The number of rotatable bonds is 4. The normalized spacial score (nSPS) is 17.0. The van der Waals surface area contributed by atoms with Crippen molar-refractivity contribution in [3.63, 3.8) is 0 Å². The number of hydrogen-bond donors (Lipinski definition) is 2. The van der Waals surface area contributed by atoms with Crippen molar-refractivity contribution in [2.75, 3.05) is 11.9 Å². The van der Waals surface area contributed by atoms with E-state index in [4.69, 9.17) is 5.11 Å². The van der Waals surface area contributed by atoms with E-state index in [0.29, 0.717) is 13.1 Å². The molecule has 0 fully saturated rings. The lowest BCUT2D eigenvalue weighted by atomic mass is 10.1. The van der Waals surface area contributed by atoms with Crippen LogP contribution in [0.15, 0.2) is 48.5 Å². The first kappa shape index (κ1) is 16.1. The Labute approximate surface area is 140 Å². The minimum absolute atomic E-state index is 0.0269. The van der Waals surface area contributed by atoms with Crippen molar-refractivity contribution in [1.29, 1.82) is 0 Å². The summed E-state index contributed by atoms with van der Waals surface area (Å²) in [5.41, 5.74) is 3.07. The van der Waals surface area contributed by atoms with Gasteiger partial charge in [0.25, 0.3) is 0 Å². The van der Waals surface area contributed by atoms with E-state index in [-0.39, 0.29) is 17.5 Å². The summed E-state index contributed by atoms with van der Waals surface area (Å²) in [6.07, 6.45) is 0.793. The first-order chi connectivity index (χ1) is 11.5. The molecular formula is C19H20N2O3. The van der Waals surface area contributed by atoms with Crippen LogP contribution in [0.1, 0.15) is 28.4 Å². The number of aromatic carboxylic acids is 1. The number of amides is 1. The first-order valence-corrected chi connectivity index (χ1v) is 8.00. The van der Waals surface area contributed by atoms with Crippen LogP contribution < -0.4 is 5.32 Å². The summed E-state index contributed by atoms with van der Waals surface area (Å²) in [7, 11) is 0. The molecule has 1 atom stereocenters. The van der Waals surface area contributed by atoms with Gasteiger partial charge in [0, 0.05) is 18.8 Å². The summed E-state index contributed by atoms with van der Waals surface area (Å²) in [6.45, 7) is 2.92. The highest BCUT2D eigenvalue weighted by atomic mass is 16.4. The van der Waals surface area contributed by atoms with E-state index in [1.165, 1.54) is 5.56 Å². The van der Waals surface area contributed by atoms with E-state index < -0.39 is 5.97 Å². The zero-order valence-electron chi connectivity index (χ0n) is 13.5. The van der Waals surface area contributed by atoms with Gasteiger partial charge in [0.1, 0.15) is 6.04 Å². The van der Waals surface area contributed by atoms with Gasteiger partial charge in [0.2, 0.25) is 5.91 Å². The molecule has 3 rings (SSSR count). The number of hydrogen-bond acceptors (Lipinski definition) is 3. The third kappa shape index (κ3) is 3.40. The number of carbonyl (C=O) groups is 2. The fourth-order valence-corrected chi connectivity index (χ4v) is 2.93. The van der Waals surface area contributed by atoms with Crippen molar-refractivity contribution < 1.29 is 14.7 Å². The highest BCUT2D eigenvalue weighted by molar-refractivity contribution is 5.91. The fourth-order valence-electron chi connectivity index (χ4n) is 2.93. The molecule has 1 unspecified atom stereocenters. The van der Waals surface area contributed by atoms with E-state index in [2.05, 4.69) is 17.4 Å². The maximum absolute atomic E-state index is 12.6. The topological polar surface area (TPSA) is 69.6 Å². The van der Waals surface area contributed by atoms with E-state index in [1.807, 2.05) is 23.1 Å². The number of carbonyl (C=O) groups excluding carboxylic acids is 1. The zero-order valence-corrected chi connectivity index (χ0v) is 13.5. The molecule has 0 saturated heterocycles. The number of nitrogens with zero attached hydrogens (tertiary/aromatic N) is 1. The Kier molecular flexibility index (Phi) is 4.51. The molecule has 0 bridgehead atoms. The number of carboxylic acids is 1. The summed E-state index contributed by atoms with van der Waals surface area (Å²) in [5, 5.41) is 12.3. The average molecular weight is 324 g/mol. The largest absolute Gasteiger partial charge is 0.478 e. The predicted molar refractivity (Wildman–Crippen MR) is 92.0 cm³/mol. The van der Waals surface area contributed by atoms with Gasteiger partial charge in [-0.1, -0.05) is 36.4 Å². The van der Waals surface area contributed by atoms with Crippen molar-refractivity contribution in [2.24, 2.45) is 0 Å². The molecule has 0 saturated carbocycles. The Morgan fingerprint density at radius 2 is 2.00 bits per heavy atom. The molecule has 1 heterocycles. The minimum atomic E-state index is -0.969. The van der Waals surface area contributed by atoms with E-state index in [0.717, 1.165) is 17.7 Å². The van der Waals surface area contributed by atoms with Gasteiger partial charge >= 0.3 is 5.97 Å². The first-order valence-electron chi connectivity index (χ1n) is 8.00. The van der Waals surface area contributed by atoms with Gasteiger partial charge in [-0.15, -0.1) is 0 Å². The summed E-state index contributed by atoms with van der Waals surface area (Å²) in [4.78, 5) is 25.6. The van der Waals surface area contributed by atoms with Crippen molar-refractivity contribution in [1.82, 2.24) is 4.90 Å². The van der Waals surface area contributed by atoms with Gasteiger partial charge in [-0.3, -0.25) is 4.79 Å². The van der Waals surface area contributed by atoms with Crippen LogP contribution in [0.4, 0.5) is 5.69 Å².